The largest absolute Gasteiger partial charge is 0.368 e. The number of nitrogens with zero attached hydrogens (tertiary/aromatic N) is 2. The number of halogens is 2. The van der Waals surface area contributed by atoms with Crippen LogP contribution in [0, 0.1) is 6.92 Å². The Morgan fingerprint density at radius 2 is 1.96 bits per heavy atom. The summed E-state index contributed by atoms with van der Waals surface area (Å²) in [5.41, 5.74) is 4.88. The minimum absolute atomic E-state index is 0. The SMILES string of the molecule is Cc1c(C2=NCCN2)c2cc(Cl)ccc2n1Cc1ccccc1.Cl. The number of rotatable bonds is 3. The van der Waals surface area contributed by atoms with E-state index in [0.29, 0.717) is 0 Å². The zero-order valence-electron chi connectivity index (χ0n) is 13.4. The van der Waals surface area contributed by atoms with Crippen LogP contribution in [0.1, 0.15) is 16.8 Å². The van der Waals surface area contributed by atoms with Crippen molar-refractivity contribution in [3.8, 4) is 0 Å². The Labute approximate surface area is 152 Å². The third-order valence-corrected chi connectivity index (χ3v) is 4.61. The Balaban J connectivity index is 0.00000169. The van der Waals surface area contributed by atoms with E-state index in [-0.39, 0.29) is 12.4 Å². The molecule has 0 fully saturated rings. The zero-order valence-corrected chi connectivity index (χ0v) is 15.0. The fraction of sp³-hybridized carbons (Fsp3) is 0.211. The number of hydrogen-bond acceptors (Lipinski definition) is 2. The van der Waals surface area contributed by atoms with Crippen LogP contribution in [-0.4, -0.2) is 23.5 Å². The smallest absolute Gasteiger partial charge is 0.130 e. The number of benzene rings is 2. The molecule has 2 heterocycles. The summed E-state index contributed by atoms with van der Waals surface area (Å²) in [5.74, 6) is 0.988. The molecule has 1 aliphatic rings. The van der Waals surface area contributed by atoms with Crippen LogP contribution in [0.3, 0.4) is 0 Å². The lowest BCUT2D eigenvalue weighted by Crippen LogP contribution is -2.20. The van der Waals surface area contributed by atoms with Gasteiger partial charge in [0.2, 0.25) is 0 Å². The van der Waals surface area contributed by atoms with Gasteiger partial charge >= 0.3 is 0 Å². The molecular weight excluding hydrogens is 341 g/mol. The molecule has 0 saturated heterocycles. The second-order valence-electron chi connectivity index (χ2n) is 5.85. The van der Waals surface area contributed by atoms with Crippen LogP contribution in [0.4, 0.5) is 0 Å². The van der Waals surface area contributed by atoms with Crippen LogP contribution < -0.4 is 5.32 Å². The Morgan fingerprint density at radius 1 is 1.17 bits per heavy atom. The molecule has 0 unspecified atom stereocenters. The van der Waals surface area contributed by atoms with Gasteiger partial charge in [0.25, 0.3) is 0 Å². The Morgan fingerprint density at radius 3 is 2.67 bits per heavy atom. The van der Waals surface area contributed by atoms with Crippen molar-refractivity contribution in [1.29, 1.82) is 0 Å². The molecule has 2 aromatic carbocycles. The summed E-state index contributed by atoms with van der Waals surface area (Å²) in [6.45, 7) is 4.74. The second kappa shape index (κ2) is 6.88. The van der Waals surface area contributed by atoms with Gasteiger partial charge in [-0.1, -0.05) is 41.9 Å². The average molecular weight is 360 g/mol. The maximum absolute atomic E-state index is 6.25. The van der Waals surface area contributed by atoms with Crippen molar-refractivity contribution in [1.82, 2.24) is 9.88 Å². The predicted octanol–water partition coefficient (Wildman–Crippen LogP) is 4.42. The highest BCUT2D eigenvalue weighted by molar-refractivity contribution is 6.31. The molecule has 0 bridgehead atoms. The molecule has 0 radical (unpaired) electrons. The lowest BCUT2D eigenvalue weighted by molar-refractivity contribution is 0.803. The van der Waals surface area contributed by atoms with E-state index in [1.807, 2.05) is 18.2 Å². The number of aromatic nitrogens is 1. The van der Waals surface area contributed by atoms with Gasteiger partial charge in [-0.25, -0.2) is 0 Å². The summed E-state index contributed by atoms with van der Waals surface area (Å²) >= 11 is 6.25. The highest BCUT2D eigenvalue weighted by Gasteiger charge is 2.20. The maximum atomic E-state index is 6.25. The number of hydrogen-bond donors (Lipinski definition) is 1. The summed E-state index contributed by atoms with van der Waals surface area (Å²) in [6, 6.07) is 16.6. The summed E-state index contributed by atoms with van der Waals surface area (Å²) in [4.78, 5) is 4.62. The van der Waals surface area contributed by atoms with Crippen molar-refractivity contribution in [3.05, 3.63) is 70.4 Å². The van der Waals surface area contributed by atoms with E-state index in [2.05, 4.69) is 52.1 Å². The molecule has 3 nitrogen and oxygen atoms in total. The predicted molar refractivity (Wildman–Crippen MR) is 104 cm³/mol. The highest BCUT2D eigenvalue weighted by Crippen LogP contribution is 2.30. The monoisotopic (exact) mass is 359 g/mol. The van der Waals surface area contributed by atoms with Crippen molar-refractivity contribution < 1.29 is 0 Å². The number of fused-ring (bicyclic) bond motifs is 1. The minimum atomic E-state index is 0. The molecule has 0 aliphatic carbocycles. The summed E-state index contributed by atoms with van der Waals surface area (Å²) in [5, 5.41) is 5.32. The van der Waals surface area contributed by atoms with Crippen LogP contribution in [0.25, 0.3) is 10.9 Å². The van der Waals surface area contributed by atoms with Crippen molar-refractivity contribution in [2.45, 2.75) is 13.5 Å². The lowest BCUT2D eigenvalue weighted by atomic mass is 10.1. The fourth-order valence-electron chi connectivity index (χ4n) is 3.29. The molecule has 1 N–H and O–H groups in total. The molecule has 0 spiro atoms. The Kier molecular flexibility index (Phi) is 4.83. The van der Waals surface area contributed by atoms with Gasteiger partial charge in [0.1, 0.15) is 5.84 Å². The van der Waals surface area contributed by atoms with Crippen molar-refractivity contribution in [2.24, 2.45) is 4.99 Å². The molecule has 4 rings (SSSR count). The quantitative estimate of drug-likeness (QED) is 0.736. The van der Waals surface area contributed by atoms with Crippen molar-refractivity contribution in [3.63, 3.8) is 0 Å². The van der Waals surface area contributed by atoms with Gasteiger partial charge in [-0.15, -0.1) is 12.4 Å². The number of aliphatic imine (C=N–C) groups is 1. The van der Waals surface area contributed by atoms with Crippen LogP contribution in [0.2, 0.25) is 5.02 Å². The fourth-order valence-corrected chi connectivity index (χ4v) is 3.46. The lowest BCUT2D eigenvalue weighted by Gasteiger charge is -2.09. The van der Waals surface area contributed by atoms with E-state index in [9.17, 15) is 0 Å². The first-order chi connectivity index (χ1) is 11.2. The van der Waals surface area contributed by atoms with E-state index in [1.165, 1.54) is 27.7 Å². The molecule has 24 heavy (non-hydrogen) atoms. The average Bonchev–Trinajstić information content (AvgIpc) is 3.16. The Hall–Kier alpha value is -1.97. The maximum Gasteiger partial charge on any atom is 0.130 e. The zero-order chi connectivity index (χ0) is 15.8. The minimum Gasteiger partial charge on any atom is -0.368 e. The van der Waals surface area contributed by atoms with Gasteiger partial charge in [-0.3, -0.25) is 4.99 Å². The van der Waals surface area contributed by atoms with E-state index in [0.717, 1.165) is 30.5 Å². The first kappa shape index (κ1) is 16.9. The van der Waals surface area contributed by atoms with Crippen molar-refractivity contribution in [2.75, 3.05) is 13.1 Å². The van der Waals surface area contributed by atoms with Gasteiger partial charge in [-0.2, -0.15) is 0 Å². The highest BCUT2D eigenvalue weighted by atomic mass is 35.5. The third kappa shape index (κ3) is 2.90. The molecule has 0 saturated carbocycles. The molecular formula is C19H19Cl2N3. The van der Waals surface area contributed by atoms with Gasteiger partial charge < -0.3 is 9.88 Å². The molecule has 1 aliphatic heterocycles. The van der Waals surface area contributed by atoms with E-state index in [1.54, 1.807) is 0 Å². The first-order valence-electron chi connectivity index (χ1n) is 7.85. The third-order valence-electron chi connectivity index (χ3n) is 4.38. The topological polar surface area (TPSA) is 29.3 Å². The molecule has 1 aromatic heterocycles. The Bertz CT molecular complexity index is 898. The first-order valence-corrected chi connectivity index (χ1v) is 8.23. The second-order valence-corrected chi connectivity index (χ2v) is 6.29. The van der Waals surface area contributed by atoms with E-state index in [4.69, 9.17) is 11.6 Å². The van der Waals surface area contributed by atoms with Gasteiger partial charge in [-0.05, 0) is 30.7 Å². The molecule has 0 amide bonds. The summed E-state index contributed by atoms with van der Waals surface area (Å²) in [6.07, 6.45) is 0. The summed E-state index contributed by atoms with van der Waals surface area (Å²) in [7, 11) is 0. The van der Waals surface area contributed by atoms with Crippen LogP contribution in [-0.2, 0) is 6.54 Å². The van der Waals surface area contributed by atoms with Gasteiger partial charge in [0.05, 0.1) is 6.54 Å². The van der Waals surface area contributed by atoms with Crippen LogP contribution in [0.5, 0.6) is 0 Å². The van der Waals surface area contributed by atoms with Crippen LogP contribution in [0.15, 0.2) is 53.5 Å². The van der Waals surface area contributed by atoms with Crippen molar-refractivity contribution >= 4 is 40.7 Å². The van der Waals surface area contributed by atoms with E-state index >= 15 is 0 Å². The summed E-state index contributed by atoms with van der Waals surface area (Å²) < 4.78 is 2.35. The number of amidine groups is 1. The van der Waals surface area contributed by atoms with E-state index < -0.39 is 0 Å². The molecule has 5 heteroatoms. The standard InChI is InChI=1S/C19H18ClN3.ClH/c1-13-18(19-21-9-10-22-19)16-11-15(20)7-8-17(16)23(13)12-14-5-3-2-4-6-14;/h2-8,11H,9-10,12H2,1H3,(H,21,22);1H. The normalized spacial score (nSPS) is 13.5. The molecule has 3 aromatic rings. The van der Waals surface area contributed by atoms with Crippen LogP contribution >= 0.6 is 24.0 Å². The molecule has 124 valence electrons. The number of nitrogens with one attached hydrogen (secondary N) is 1. The molecule has 0 atom stereocenters. The van der Waals surface area contributed by atoms with Gasteiger partial charge in [0.15, 0.2) is 0 Å². The van der Waals surface area contributed by atoms with Gasteiger partial charge in [0, 0.05) is 40.3 Å².